The quantitative estimate of drug-likeness (QED) is 0.332. The van der Waals surface area contributed by atoms with E-state index in [1.165, 1.54) is 6.07 Å². The number of aliphatic hydroxyl groups excluding tert-OH is 1. The Hall–Kier alpha value is -2.39. The van der Waals surface area contributed by atoms with Crippen molar-refractivity contribution in [1.82, 2.24) is 5.32 Å². The van der Waals surface area contributed by atoms with Crippen molar-refractivity contribution in [3.05, 3.63) is 76.0 Å². The van der Waals surface area contributed by atoms with Gasteiger partial charge in [-0.2, -0.15) is 13.2 Å². The van der Waals surface area contributed by atoms with Crippen LogP contribution in [0.15, 0.2) is 60.7 Å². The zero-order chi connectivity index (χ0) is 21.6. The number of ether oxygens (including phenoxy) is 1. The zero-order valence-corrected chi connectivity index (χ0v) is 16.8. The first-order valence-corrected chi connectivity index (χ1v) is 10.2. The van der Waals surface area contributed by atoms with Gasteiger partial charge in [-0.15, -0.1) is 11.3 Å². The third kappa shape index (κ3) is 6.30. The molecule has 0 amide bonds. The number of aliphatic hydroxyl groups is 2. The summed E-state index contributed by atoms with van der Waals surface area (Å²) in [5, 5.41) is 20.7. The topological polar surface area (TPSA) is 61.7 Å². The minimum Gasteiger partial charge on any atom is -0.488 e. The minimum absolute atomic E-state index is 0.0482. The van der Waals surface area contributed by atoms with Gasteiger partial charge in [0, 0.05) is 30.0 Å². The lowest BCUT2D eigenvalue weighted by Crippen LogP contribution is -2.19. The van der Waals surface area contributed by atoms with Crippen molar-refractivity contribution in [3.8, 4) is 16.9 Å². The predicted molar refractivity (Wildman–Crippen MR) is 110 cm³/mol. The van der Waals surface area contributed by atoms with Gasteiger partial charge in [-0.1, -0.05) is 42.5 Å². The first-order chi connectivity index (χ1) is 14.3. The van der Waals surface area contributed by atoms with Crippen LogP contribution in [-0.2, 0) is 19.3 Å². The van der Waals surface area contributed by atoms with Crippen molar-refractivity contribution >= 4 is 11.3 Å². The molecule has 0 aliphatic rings. The smallest absolute Gasteiger partial charge is 0.426 e. The van der Waals surface area contributed by atoms with Crippen molar-refractivity contribution in [1.29, 1.82) is 0 Å². The monoisotopic (exact) mass is 437 g/mol. The molecule has 0 bridgehead atoms. The normalized spacial score (nSPS) is 11.8. The second kappa shape index (κ2) is 10.1. The van der Waals surface area contributed by atoms with Gasteiger partial charge in [-0.3, -0.25) is 0 Å². The lowest BCUT2D eigenvalue weighted by molar-refractivity contribution is -0.133. The van der Waals surface area contributed by atoms with Crippen LogP contribution >= 0.6 is 11.3 Å². The highest BCUT2D eigenvalue weighted by Gasteiger charge is 2.36. The molecular formula is C22H22F3NO3S. The predicted octanol–water partition coefficient (Wildman–Crippen LogP) is 4.80. The van der Waals surface area contributed by atoms with Crippen LogP contribution in [0.2, 0.25) is 0 Å². The van der Waals surface area contributed by atoms with E-state index in [4.69, 9.17) is 14.9 Å². The second-order valence-corrected chi connectivity index (χ2v) is 7.83. The van der Waals surface area contributed by atoms with Crippen LogP contribution in [0.3, 0.4) is 0 Å². The summed E-state index contributed by atoms with van der Waals surface area (Å²) in [6.07, 6.45) is -5.51. The molecule has 0 saturated heterocycles. The molecule has 0 fully saturated rings. The van der Waals surface area contributed by atoms with Crippen LogP contribution in [-0.4, -0.2) is 23.0 Å². The van der Waals surface area contributed by atoms with E-state index in [-0.39, 0.29) is 18.6 Å². The van der Waals surface area contributed by atoms with E-state index in [1.54, 1.807) is 42.5 Å². The second-order valence-electron chi connectivity index (χ2n) is 6.70. The molecule has 0 spiro atoms. The highest BCUT2D eigenvalue weighted by Crippen LogP contribution is 2.43. The van der Waals surface area contributed by atoms with Gasteiger partial charge in [-0.05, 0) is 29.3 Å². The van der Waals surface area contributed by atoms with Crippen LogP contribution in [0.1, 0.15) is 21.7 Å². The molecule has 0 unspecified atom stereocenters. The van der Waals surface area contributed by atoms with Crippen LogP contribution in [0.4, 0.5) is 13.2 Å². The molecule has 3 rings (SSSR count). The number of thiophene rings is 1. The Morgan fingerprint density at radius 2 is 1.70 bits per heavy atom. The van der Waals surface area contributed by atoms with E-state index in [1.807, 2.05) is 12.1 Å². The van der Waals surface area contributed by atoms with Gasteiger partial charge in [0.2, 0.25) is 0 Å². The van der Waals surface area contributed by atoms with E-state index in [0.717, 1.165) is 5.56 Å². The fourth-order valence-corrected chi connectivity index (χ4v) is 3.84. The molecule has 8 heteroatoms. The lowest BCUT2D eigenvalue weighted by atomic mass is 10.1. The third-order valence-electron chi connectivity index (χ3n) is 4.34. The minimum atomic E-state index is -4.42. The number of rotatable bonds is 9. The molecule has 1 heterocycles. The Balaban J connectivity index is 1.62. The summed E-state index contributed by atoms with van der Waals surface area (Å²) in [6.45, 7) is 1.08. The van der Waals surface area contributed by atoms with Crippen molar-refractivity contribution < 1.29 is 28.1 Å². The van der Waals surface area contributed by atoms with E-state index < -0.39 is 17.3 Å². The summed E-state index contributed by atoms with van der Waals surface area (Å²) < 4.78 is 46.1. The molecule has 3 aromatic rings. The van der Waals surface area contributed by atoms with Gasteiger partial charge in [-0.25, -0.2) is 0 Å². The van der Waals surface area contributed by atoms with Gasteiger partial charge in [0.25, 0.3) is 0 Å². The van der Waals surface area contributed by atoms with E-state index in [9.17, 15) is 13.2 Å². The molecule has 1 aromatic heterocycles. The van der Waals surface area contributed by atoms with Crippen LogP contribution in [0.5, 0.6) is 5.75 Å². The molecule has 30 heavy (non-hydrogen) atoms. The van der Waals surface area contributed by atoms with Gasteiger partial charge in [0.15, 0.2) is 6.29 Å². The number of halogens is 3. The van der Waals surface area contributed by atoms with Crippen molar-refractivity contribution in [2.24, 2.45) is 0 Å². The summed E-state index contributed by atoms with van der Waals surface area (Å²) in [5.74, 6) is 0.563. The van der Waals surface area contributed by atoms with Gasteiger partial charge < -0.3 is 20.3 Å². The molecule has 0 atom stereocenters. The molecule has 3 N–H and O–H groups in total. The summed E-state index contributed by atoms with van der Waals surface area (Å²) in [4.78, 5) is -0.129. The Kier molecular flexibility index (Phi) is 7.49. The average molecular weight is 437 g/mol. The number of hydrogen-bond donors (Lipinski definition) is 3. The van der Waals surface area contributed by atoms with Gasteiger partial charge >= 0.3 is 6.18 Å². The maximum absolute atomic E-state index is 13.5. The van der Waals surface area contributed by atoms with Crippen molar-refractivity contribution in [3.63, 3.8) is 0 Å². The summed E-state index contributed by atoms with van der Waals surface area (Å²) in [5.41, 5.74) is 1.68. The Morgan fingerprint density at radius 1 is 1.00 bits per heavy atom. The van der Waals surface area contributed by atoms with Gasteiger partial charge in [0.1, 0.15) is 17.2 Å². The molecular weight excluding hydrogens is 415 g/mol. The lowest BCUT2D eigenvalue weighted by Gasteiger charge is -2.08. The highest BCUT2D eigenvalue weighted by atomic mass is 32.1. The van der Waals surface area contributed by atoms with Crippen LogP contribution < -0.4 is 10.1 Å². The molecule has 160 valence electrons. The molecule has 4 nitrogen and oxygen atoms in total. The van der Waals surface area contributed by atoms with Crippen molar-refractivity contribution in [2.75, 3.05) is 6.54 Å². The summed E-state index contributed by atoms with van der Waals surface area (Å²) in [7, 11) is 0. The Labute approximate surface area is 176 Å². The molecule has 0 radical (unpaired) electrons. The van der Waals surface area contributed by atoms with E-state index in [0.29, 0.717) is 40.6 Å². The molecule has 0 saturated carbocycles. The average Bonchev–Trinajstić information content (AvgIpc) is 3.16. The third-order valence-corrected chi connectivity index (χ3v) is 5.49. The van der Waals surface area contributed by atoms with E-state index in [2.05, 4.69) is 5.32 Å². The van der Waals surface area contributed by atoms with Crippen LogP contribution in [0.25, 0.3) is 11.1 Å². The maximum Gasteiger partial charge on any atom is 0.426 e. The van der Waals surface area contributed by atoms with Crippen LogP contribution in [0, 0.1) is 0 Å². The first-order valence-electron chi connectivity index (χ1n) is 9.37. The van der Waals surface area contributed by atoms with Crippen molar-refractivity contribution in [2.45, 2.75) is 32.0 Å². The Bertz CT molecular complexity index is 925. The molecule has 2 aromatic carbocycles. The zero-order valence-electron chi connectivity index (χ0n) is 16.0. The number of alkyl halides is 3. The van der Waals surface area contributed by atoms with Gasteiger partial charge in [0.05, 0.1) is 0 Å². The largest absolute Gasteiger partial charge is 0.488 e. The molecule has 0 aliphatic carbocycles. The highest BCUT2D eigenvalue weighted by molar-refractivity contribution is 7.12. The van der Waals surface area contributed by atoms with E-state index >= 15 is 0 Å². The summed E-state index contributed by atoms with van der Waals surface area (Å²) in [6, 6.07) is 17.3. The Morgan fingerprint density at radius 3 is 2.33 bits per heavy atom. The number of benzene rings is 2. The fourth-order valence-electron chi connectivity index (χ4n) is 2.88. The summed E-state index contributed by atoms with van der Waals surface area (Å²) >= 11 is 0.699. The number of hydrogen-bond acceptors (Lipinski definition) is 5. The molecule has 0 aliphatic heterocycles. The maximum atomic E-state index is 13.5. The SMILES string of the molecule is OC(O)CCNCc1ccc(OCc2cc(-c3ccccc3)c(C(F)(F)F)s2)cc1. The number of nitrogens with one attached hydrogen (secondary N) is 1. The fraction of sp³-hybridized carbons (Fsp3) is 0.273. The first kappa shape index (κ1) is 22.3. The standard InChI is InChI=1S/C22H22F3NO3S/c23-22(24,25)21-19(16-4-2-1-3-5-16)12-18(30-21)14-29-17-8-6-15(7-9-17)13-26-11-10-20(27)28/h1-9,12,20,26-28H,10-11,13-14H2.